The lowest BCUT2D eigenvalue weighted by Crippen LogP contribution is -2.35. The highest BCUT2D eigenvalue weighted by Crippen LogP contribution is 2.43. The number of ether oxygens (including phenoxy) is 4. The molecule has 15 heterocycles. The molecule has 0 aliphatic carbocycles. The number of aromatic amines is 1. The van der Waals surface area contributed by atoms with Crippen LogP contribution in [0.25, 0.3) is 87.7 Å². The van der Waals surface area contributed by atoms with E-state index in [-0.39, 0.29) is 23.6 Å². The van der Waals surface area contributed by atoms with E-state index < -0.39 is 0 Å². The van der Waals surface area contributed by atoms with Crippen molar-refractivity contribution in [3.63, 3.8) is 0 Å². The zero-order chi connectivity index (χ0) is 74.9. The van der Waals surface area contributed by atoms with Gasteiger partial charge in [0.25, 0.3) is 0 Å². The quantitative estimate of drug-likeness (QED) is 0.150. The van der Waals surface area contributed by atoms with Crippen molar-refractivity contribution < 1.29 is 38.1 Å². The molecule has 23 heteroatoms. The lowest BCUT2D eigenvalue weighted by molar-refractivity contribution is -0.130. The number of carbonyl (C=O) groups is 4. The van der Waals surface area contributed by atoms with E-state index in [1.807, 2.05) is 56.3 Å². The fourth-order valence-electron chi connectivity index (χ4n) is 17.8. The highest BCUT2D eigenvalue weighted by atomic mass is 32.1. The van der Waals surface area contributed by atoms with Crippen molar-refractivity contribution in [2.24, 2.45) is 0 Å². The van der Waals surface area contributed by atoms with E-state index in [4.69, 9.17) is 39.3 Å². The van der Waals surface area contributed by atoms with Gasteiger partial charge in [0, 0.05) is 265 Å². The van der Waals surface area contributed by atoms with E-state index >= 15 is 0 Å². The summed E-state index contributed by atoms with van der Waals surface area (Å²) >= 11 is 1.76. The van der Waals surface area contributed by atoms with Gasteiger partial charge in [-0.05, 0) is 97.9 Å². The molecule has 0 atom stereocenters. The molecule has 12 aromatic rings. The summed E-state index contributed by atoms with van der Waals surface area (Å²) < 4.78 is 32.5. The van der Waals surface area contributed by atoms with Crippen molar-refractivity contribution in [2.75, 3.05) is 79.0 Å². The predicted molar refractivity (Wildman–Crippen MR) is 426 cm³/mol. The van der Waals surface area contributed by atoms with E-state index in [0.29, 0.717) is 50.3 Å². The number of H-pyrrole nitrogens is 1. The van der Waals surface area contributed by atoms with Crippen LogP contribution in [0, 0.1) is 0 Å². The number of para-hydroxylation sites is 1. The van der Waals surface area contributed by atoms with Gasteiger partial charge in [0.2, 0.25) is 23.6 Å². The molecule has 22 nitrogen and oxygen atoms in total. The number of aromatic nitrogens is 10. The molecule has 4 fully saturated rings. The number of pyridine rings is 1. The summed E-state index contributed by atoms with van der Waals surface area (Å²) in [5.74, 6) is 0.522. The number of carbonyl (C=O) groups excluding carboxylic acids is 4. The minimum atomic E-state index is 0.120. The fraction of sp³-hybridized carbons (Fsp3) is 0.414. The Balaban J connectivity index is 0.000000107. The van der Waals surface area contributed by atoms with Crippen LogP contribution in [0.15, 0.2) is 139 Å². The van der Waals surface area contributed by atoms with Crippen molar-refractivity contribution in [3.05, 3.63) is 184 Å². The molecule has 0 spiro atoms. The Morgan fingerprint density at radius 1 is 0.400 bits per heavy atom. The smallest absolute Gasteiger partial charge is 0.219 e. The SMILES string of the molecule is CC(=O)N1CCc2c(c(-c3ccc4cc[nH]c4c3)nn2C2CCOCC2)C1.CC(=O)N1CCc2c(c(-c3cccc4ccccc34)nn2C2CCOCC2)C1.CC(=O)N1CCc2c(c(-c3ccnc4ccccc34)nn2C2CCOCC2)C1.CC(=O)N1CCc2c(c(-c3csc4ccccc34)nn2C2CCOCC2)C1. The molecule has 110 heavy (non-hydrogen) atoms. The van der Waals surface area contributed by atoms with Crippen molar-refractivity contribution in [3.8, 4) is 45.0 Å². The minimum absolute atomic E-state index is 0.120. The third kappa shape index (κ3) is 14.6. The van der Waals surface area contributed by atoms with E-state index in [2.05, 4.69) is 131 Å². The number of amides is 4. The first-order valence-electron chi connectivity index (χ1n) is 39.5. The van der Waals surface area contributed by atoms with Gasteiger partial charge in [-0.15, -0.1) is 11.3 Å². The van der Waals surface area contributed by atoms with Gasteiger partial charge in [-0.3, -0.25) is 42.9 Å². The Bertz CT molecular complexity index is 5210. The number of hydrogen-bond acceptors (Lipinski definition) is 14. The largest absolute Gasteiger partial charge is 0.381 e. The van der Waals surface area contributed by atoms with Crippen LogP contribution in [0.1, 0.15) is 148 Å². The zero-order valence-electron chi connectivity index (χ0n) is 63.4. The number of hydrogen-bond donors (Lipinski definition) is 1. The van der Waals surface area contributed by atoms with Crippen LogP contribution >= 0.6 is 11.3 Å². The number of fused-ring (bicyclic) bond motifs is 8. The molecule has 20 rings (SSSR count). The van der Waals surface area contributed by atoms with Gasteiger partial charge < -0.3 is 43.5 Å². The predicted octanol–water partition coefficient (Wildman–Crippen LogP) is 14.6. The number of nitrogens with zero attached hydrogens (tertiary/aromatic N) is 13. The zero-order valence-corrected chi connectivity index (χ0v) is 64.2. The first-order chi connectivity index (χ1) is 53.9. The van der Waals surface area contributed by atoms with E-state index in [1.165, 1.54) is 76.8 Å². The van der Waals surface area contributed by atoms with Crippen LogP contribution in [0.5, 0.6) is 0 Å². The summed E-state index contributed by atoms with van der Waals surface area (Å²) in [5.41, 5.74) is 20.7. The van der Waals surface area contributed by atoms with Crippen LogP contribution in [-0.4, -0.2) is 171 Å². The highest BCUT2D eigenvalue weighted by Gasteiger charge is 2.36. The highest BCUT2D eigenvalue weighted by molar-refractivity contribution is 7.17. The summed E-state index contributed by atoms with van der Waals surface area (Å²) in [4.78, 5) is 63.6. The topological polar surface area (TPSA) is 218 Å². The van der Waals surface area contributed by atoms with Crippen LogP contribution in [-0.2, 0) is 90.0 Å². The number of nitrogens with one attached hydrogen (secondary N) is 1. The van der Waals surface area contributed by atoms with Gasteiger partial charge in [0.1, 0.15) is 0 Å². The Morgan fingerprint density at radius 3 is 1.28 bits per heavy atom. The average molecular weight is 1500 g/mol. The summed E-state index contributed by atoms with van der Waals surface area (Å²) in [6.45, 7) is 18.6. The molecule has 4 saturated heterocycles. The Kier molecular flexibility index (Phi) is 21.2. The summed E-state index contributed by atoms with van der Waals surface area (Å²) in [7, 11) is 0. The van der Waals surface area contributed by atoms with Gasteiger partial charge >= 0.3 is 0 Å². The molecular weight excluding hydrogens is 1400 g/mol. The monoisotopic (exact) mass is 1500 g/mol. The van der Waals surface area contributed by atoms with Crippen molar-refractivity contribution in [2.45, 2.75) is 155 Å². The maximum atomic E-state index is 12.1. The van der Waals surface area contributed by atoms with Gasteiger partial charge in [-0.25, -0.2) is 0 Å². The molecule has 0 unspecified atom stereocenters. The molecule has 8 aliphatic heterocycles. The third-order valence-electron chi connectivity index (χ3n) is 23.8. The minimum Gasteiger partial charge on any atom is -0.381 e. The Morgan fingerprint density at radius 2 is 0.800 bits per heavy atom. The second kappa shape index (κ2) is 32.0. The van der Waals surface area contributed by atoms with E-state index in [0.717, 1.165) is 212 Å². The summed E-state index contributed by atoms with van der Waals surface area (Å²) in [6, 6.07) is 43.6. The second-order valence-electron chi connectivity index (χ2n) is 30.3. The molecular formula is C87H96N14O8S. The second-order valence-corrected chi connectivity index (χ2v) is 31.2. The third-order valence-corrected chi connectivity index (χ3v) is 24.7. The van der Waals surface area contributed by atoms with E-state index in [1.54, 1.807) is 39.0 Å². The molecule has 1 N–H and O–H groups in total. The van der Waals surface area contributed by atoms with Gasteiger partial charge in [-0.1, -0.05) is 91.0 Å². The average Bonchev–Trinajstić information content (AvgIpc) is 1.60. The van der Waals surface area contributed by atoms with Gasteiger partial charge in [0.05, 0.1) is 52.5 Å². The molecule has 8 aliphatic rings. The number of thiophene rings is 1. The van der Waals surface area contributed by atoms with Gasteiger partial charge in [-0.2, -0.15) is 20.4 Å². The molecule has 0 bridgehead atoms. The van der Waals surface area contributed by atoms with Crippen LogP contribution < -0.4 is 0 Å². The van der Waals surface area contributed by atoms with Crippen molar-refractivity contribution in [1.82, 2.24) is 68.7 Å². The molecule has 5 aromatic carbocycles. The summed E-state index contributed by atoms with van der Waals surface area (Å²) in [5, 5.41) is 28.7. The number of benzene rings is 5. The van der Waals surface area contributed by atoms with Crippen molar-refractivity contribution >= 4 is 77.6 Å². The van der Waals surface area contributed by atoms with Gasteiger partial charge in [0.15, 0.2) is 0 Å². The lowest BCUT2D eigenvalue weighted by atomic mass is 9.96. The molecule has 4 amide bonds. The van der Waals surface area contributed by atoms with Crippen molar-refractivity contribution in [1.29, 1.82) is 0 Å². The first kappa shape index (κ1) is 72.7. The molecule has 0 radical (unpaired) electrons. The van der Waals surface area contributed by atoms with Crippen LogP contribution in [0.2, 0.25) is 0 Å². The number of rotatable bonds is 8. The van der Waals surface area contributed by atoms with E-state index in [9.17, 15) is 19.2 Å². The van der Waals surface area contributed by atoms with Crippen LogP contribution in [0.4, 0.5) is 0 Å². The standard InChI is InChI=1S/C23H25N3O2.C22H24N4O2.C21H24N4O2.C21H23N3O2S/c1-16(27)25-12-9-22-21(15-25)23(24-26(22)18-10-13-28-14-11-18)20-8-4-6-17-5-2-3-7-19(17)20;1-15(27)25-11-7-21-19(14-25)22(24-26(21)16-8-12-28-13-9-16)18-6-10-23-20-5-3-2-4-17(18)20;1-14(26)24-9-5-20-18(13-24)21(23-25(20)17-6-10-27-11-7-17)16-3-2-15-4-8-22-19(15)12-16;1-14(25)23-9-6-19-17(12-23)21(22-24(19)15-7-10-26-11-8-15)18-13-27-20-5-3-2-4-16(18)20/h2-8,18H,9-15H2,1H3;2-6,10,16H,7-9,11-14H2,1H3;2-4,8,12,17,22H,5-7,9-11,13H2,1H3;2-5,13,15H,6-12H2,1H3. The normalized spacial score (nSPS) is 17.9. The first-order valence-corrected chi connectivity index (χ1v) is 40.4. The maximum Gasteiger partial charge on any atom is 0.219 e. The molecule has 568 valence electrons. The summed E-state index contributed by atoms with van der Waals surface area (Å²) in [6.07, 6.45) is 15.3. The Labute approximate surface area is 644 Å². The van der Waals surface area contributed by atoms with Crippen LogP contribution in [0.3, 0.4) is 0 Å². The lowest BCUT2D eigenvalue weighted by Gasteiger charge is -2.29. The maximum absolute atomic E-state index is 12.1. The molecule has 0 saturated carbocycles. The fourth-order valence-corrected chi connectivity index (χ4v) is 18.7. The molecule has 7 aromatic heterocycles. The Hall–Kier alpha value is -10.2.